The molecule has 2 aliphatic rings. The van der Waals surface area contributed by atoms with Crippen molar-refractivity contribution in [3.63, 3.8) is 0 Å². The molecule has 2 aromatic rings. The quantitative estimate of drug-likeness (QED) is 0.638. The number of likely N-dealkylation sites (tertiary alicyclic amines) is 1. The van der Waals surface area contributed by atoms with Crippen LogP contribution in [0.3, 0.4) is 0 Å². The first-order valence-corrected chi connectivity index (χ1v) is 12.0. The van der Waals surface area contributed by atoms with Crippen molar-refractivity contribution >= 4 is 18.0 Å². The highest BCUT2D eigenvalue weighted by molar-refractivity contribution is 5.86. The maximum absolute atomic E-state index is 13.2. The zero-order chi connectivity index (χ0) is 24.2. The Morgan fingerprint density at radius 3 is 2.26 bits per heavy atom. The van der Waals surface area contributed by atoms with Crippen LogP contribution in [0.15, 0.2) is 48.5 Å². The molecule has 0 spiro atoms. The molecule has 0 radical (unpaired) electrons. The van der Waals surface area contributed by atoms with E-state index in [0.717, 1.165) is 22.3 Å². The van der Waals surface area contributed by atoms with E-state index in [0.29, 0.717) is 25.8 Å². The molecule has 2 aromatic carbocycles. The zero-order valence-electron chi connectivity index (χ0n) is 19.7. The third-order valence-corrected chi connectivity index (χ3v) is 6.72. The van der Waals surface area contributed by atoms with Gasteiger partial charge in [0.2, 0.25) is 5.91 Å². The Morgan fingerprint density at radius 2 is 1.68 bits per heavy atom. The number of piperidine rings is 1. The van der Waals surface area contributed by atoms with E-state index < -0.39 is 24.0 Å². The Hall–Kier alpha value is -3.35. The number of ether oxygens (including phenoxy) is 1. The van der Waals surface area contributed by atoms with E-state index in [-0.39, 0.29) is 30.9 Å². The summed E-state index contributed by atoms with van der Waals surface area (Å²) in [6.07, 6.45) is 1.03. The van der Waals surface area contributed by atoms with Crippen molar-refractivity contribution in [3.8, 4) is 11.1 Å². The van der Waals surface area contributed by atoms with E-state index in [1.807, 2.05) is 38.1 Å². The predicted octanol–water partition coefficient (Wildman–Crippen LogP) is 4.26. The minimum atomic E-state index is -0.887. The molecule has 4 rings (SSSR count). The van der Waals surface area contributed by atoms with Gasteiger partial charge in [0.25, 0.3) is 0 Å². The molecule has 0 saturated carbocycles. The van der Waals surface area contributed by atoms with Crippen LogP contribution < -0.4 is 5.32 Å². The number of hydrogen-bond acceptors (Lipinski definition) is 4. The Labute approximate surface area is 200 Å². The number of carboxylic acids is 1. The third kappa shape index (κ3) is 5.08. The SMILES string of the molecule is CC(C)C[C@@H](NC(=O)OCC1c2ccccc2-c2ccccc21)C(=O)N1CCC[C@H](C(=O)O)C1. The van der Waals surface area contributed by atoms with Crippen LogP contribution in [0.2, 0.25) is 0 Å². The van der Waals surface area contributed by atoms with Crippen molar-refractivity contribution in [1.82, 2.24) is 10.2 Å². The largest absolute Gasteiger partial charge is 0.481 e. The number of carbonyl (C=O) groups is 3. The van der Waals surface area contributed by atoms with Crippen LogP contribution in [-0.4, -0.2) is 53.7 Å². The minimum absolute atomic E-state index is 0.0594. The van der Waals surface area contributed by atoms with Crippen LogP contribution in [0.5, 0.6) is 0 Å². The average Bonchev–Trinajstić information content (AvgIpc) is 3.15. The van der Waals surface area contributed by atoms with Gasteiger partial charge in [-0.3, -0.25) is 9.59 Å². The molecule has 180 valence electrons. The van der Waals surface area contributed by atoms with Crippen LogP contribution in [0.25, 0.3) is 11.1 Å². The lowest BCUT2D eigenvalue weighted by atomic mass is 9.96. The number of nitrogens with one attached hydrogen (secondary N) is 1. The van der Waals surface area contributed by atoms with Gasteiger partial charge in [-0.2, -0.15) is 0 Å². The minimum Gasteiger partial charge on any atom is -0.481 e. The van der Waals surface area contributed by atoms with Crippen molar-refractivity contribution < 1.29 is 24.2 Å². The van der Waals surface area contributed by atoms with Gasteiger partial charge in [-0.1, -0.05) is 62.4 Å². The van der Waals surface area contributed by atoms with Crippen molar-refractivity contribution in [1.29, 1.82) is 0 Å². The van der Waals surface area contributed by atoms with Crippen LogP contribution >= 0.6 is 0 Å². The topological polar surface area (TPSA) is 95.9 Å². The molecule has 2 amide bonds. The second-order valence-electron chi connectivity index (χ2n) is 9.61. The number of alkyl carbamates (subject to hydrolysis) is 1. The molecule has 0 unspecified atom stereocenters. The summed E-state index contributed by atoms with van der Waals surface area (Å²) in [5.41, 5.74) is 4.55. The molecular formula is C27H32N2O5. The number of rotatable bonds is 7. The average molecular weight is 465 g/mol. The summed E-state index contributed by atoms with van der Waals surface area (Å²) >= 11 is 0. The smallest absolute Gasteiger partial charge is 0.407 e. The first-order valence-electron chi connectivity index (χ1n) is 12.0. The van der Waals surface area contributed by atoms with E-state index in [4.69, 9.17) is 4.74 Å². The van der Waals surface area contributed by atoms with Crippen molar-refractivity contribution in [2.75, 3.05) is 19.7 Å². The van der Waals surface area contributed by atoms with E-state index in [2.05, 4.69) is 29.6 Å². The summed E-state index contributed by atoms with van der Waals surface area (Å²) in [4.78, 5) is 38.9. The molecule has 2 N–H and O–H groups in total. The van der Waals surface area contributed by atoms with Crippen LogP contribution in [0.1, 0.15) is 50.2 Å². The molecule has 1 saturated heterocycles. The summed E-state index contributed by atoms with van der Waals surface area (Å²) < 4.78 is 5.63. The Balaban J connectivity index is 1.42. The molecule has 7 heteroatoms. The van der Waals surface area contributed by atoms with Gasteiger partial charge < -0.3 is 20.1 Å². The number of fused-ring (bicyclic) bond motifs is 3. The van der Waals surface area contributed by atoms with Crippen LogP contribution in [0, 0.1) is 11.8 Å². The van der Waals surface area contributed by atoms with E-state index in [1.165, 1.54) is 0 Å². The second kappa shape index (κ2) is 10.3. The van der Waals surface area contributed by atoms with Gasteiger partial charge in [-0.05, 0) is 47.4 Å². The summed E-state index contributed by atoms with van der Waals surface area (Å²) in [6.45, 7) is 4.82. The fraction of sp³-hybridized carbons (Fsp3) is 0.444. The summed E-state index contributed by atoms with van der Waals surface area (Å²) in [5, 5.41) is 12.1. The molecule has 0 bridgehead atoms. The standard InChI is InChI=1S/C27H32N2O5/c1-17(2)14-24(25(30)29-13-7-8-18(15-29)26(31)32)28-27(33)34-16-23-21-11-5-3-9-19(21)20-10-4-6-12-22(20)23/h3-6,9-12,17-18,23-24H,7-8,13-16H2,1-2H3,(H,28,33)(H,31,32)/t18-,24+/m0/s1. The molecule has 34 heavy (non-hydrogen) atoms. The van der Waals surface area contributed by atoms with E-state index in [9.17, 15) is 19.5 Å². The van der Waals surface area contributed by atoms with Gasteiger partial charge in [0.15, 0.2) is 0 Å². The highest BCUT2D eigenvalue weighted by Crippen LogP contribution is 2.44. The van der Waals surface area contributed by atoms with Crippen LogP contribution in [-0.2, 0) is 14.3 Å². The Bertz CT molecular complexity index is 1020. The second-order valence-corrected chi connectivity index (χ2v) is 9.61. The van der Waals surface area contributed by atoms with Crippen molar-refractivity contribution in [2.24, 2.45) is 11.8 Å². The molecule has 1 aliphatic carbocycles. The molecule has 1 fully saturated rings. The summed E-state index contributed by atoms with van der Waals surface area (Å²) in [5.74, 6) is -1.58. The van der Waals surface area contributed by atoms with E-state index >= 15 is 0 Å². The van der Waals surface area contributed by atoms with Gasteiger partial charge in [-0.25, -0.2) is 4.79 Å². The number of hydrogen-bond donors (Lipinski definition) is 2. The van der Waals surface area contributed by atoms with E-state index in [1.54, 1.807) is 4.90 Å². The molecule has 2 atom stereocenters. The Kier molecular flexibility index (Phi) is 7.20. The molecule has 7 nitrogen and oxygen atoms in total. The van der Waals surface area contributed by atoms with Crippen LogP contribution in [0.4, 0.5) is 4.79 Å². The molecular weight excluding hydrogens is 432 g/mol. The number of carboxylic acid groups (broad SMARTS) is 1. The fourth-order valence-corrected chi connectivity index (χ4v) is 5.07. The van der Waals surface area contributed by atoms with Gasteiger partial charge in [0.1, 0.15) is 12.6 Å². The van der Waals surface area contributed by atoms with Gasteiger partial charge in [0.05, 0.1) is 5.92 Å². The van der Waals surface area contributed by atoms with Gasteiger partial charge in [0, 0.05) is 19.0 Å². The lowest BCUT2D eigenvalue weighted by Crippen LogP contribution is -2.52. The molecule has 0 aromatic heterocycles. The fourth-order valence-electron chi connectivity index (χ4n) is 5.07. The summed E-state index contributed by atoms with van der Waals surface area (Å²) in [6, 6.07) is 15.5. The first kappa shape index (κ1) is 23.8. The summed E-state index contributed by atoms with van der Waals surface area (Å²) in [7, 11) is 0. The number of benzene rings is 2. The number of aliphatic carboxylic acids is 1. The highest BCUT2D eigenvalue weighted by atomic mass is 16.5. The van der Waals surface area contributed by atoms with Gasteiger partial charge in [-0.15, -0.1) is 0 Å². The normalized spacial score (nSPS) is 18.2. The number of nitrogens with zero attached hydrogens (tertiary/aromatic N) is 1. The number of amides is 2. The highest BCUT2D eigenvalue weighted by Gasteiger charge is 2.34. The number of carbonyl (C=O) groups excluding carboxylic acids is 2. The lowest BCUT2D eigenvalue weighted by Gasteiger charge is -2.34. The lowest BCUT2D eigenvalue weighted by molar-refractivity contribution is -0.146. The Morgan fingerprint density at radius 1 is 1.06 bits per heavy atom. The molecule has 1 heterocycles. The molecule has 1 aliphatic heterocycles. The maximum atomic E-state index is 13.2. The van der Waals surface area contributed by atoms with Crippen molar-refractivity contribution in [2.45, 2.75) is 45.1 Å². The van der Waals surface area contributed by atoms with Gasteiger partial charge >= 0.3 is 12.1 Å². The predicted molar refractivity (Wildman–Crippen MR) is 128 cm³/mol. The van der Waals surface area contributed by atoms with Crippen molar-refractivity contribution in [3.05, 3.63) is 59.7 Å². The monoisotopic (exact) mass is 464 g/mol. The maximum Gasteiger partial charge on any atom is 0.407 e. The zero-order valence-corrected chi connectivity index (χ0v) is 19.7. The first-order chi connectivity index (χ1) is 16.3. The third-order valence-electron chi connectivity index (χ3n) is 6.72.